The fraction of sp³-hybridized carbons (Fsp3) is 0.368. The highest BCUT2D eigenvalue weighted by Crippen LogP contribution is 2.36. The first-order valence-corrected chi connectivity index (χ1v) is 7.65. The van der Waals surface area contributed by atoms with E-state index < -0.39 is 0 Å². The minimum atomic E-state index is 0.541. The summed E-state index contributed by atoms with van der Waals surface area (Å²) < 4.78 is 0. The number of fused-ring (bicyclic) bond motifs is 1. The molecule has 20 heavy (non-hydrogen) atoms. The maximum absolute atomic E-state index is 3.51. The molecule has 0 spiro atoms. The Morgan fingerprint density at radius 2 is 1.95 bits per heavy atom. The van der Waals surface area contributed by atoms with Crippen molar-refractivity contribution in [3.8, 4) is 0 Å². The normalized spacial score (nSPS) is 17.6. The van der Waals surface area contributed by atoms with Gasteiger partial charge in [0.25, 0.3) is 0 Å². The Balaban J connectivity index is 1.94. The third-order valence-electron chi connectivity index (χ3n) is 4.08. The molecule has 0 aromatic heterocycles. The Morgan fingerprint density at radius 1 is 1.10 bits per heavy atom. The van der Waals surface area contributed by atoms with E-state index in [1.807, 2.05) is 0 Å². The van der Waals surface area contributed by atoms with Crippen molar-refractivity contribution in [3.63, 3.8) is 0 Å². The average Bonchev–Trinajstić information content (AvgIpc) is 2.46. The summed E-state index contributed by atoms with van der Waals surface area (Å²) in [4.78, 5) is 0. The van der Waals surface area contributed by atoms with Crippen LogP contribution in [0, 0.1) is 5.92 Å². The molecule has 2 aromatic rings. The van der Waals surface area contributed by atoms with Gasteiger partial charge in [-0.05, 0) is 41.5 Å². The van der Waals surface area contributed by atoms with Crippen LogP contribution < -0.4 is 5.32 Å². The van der Waals surface area contributed by atoms with Gasteiger partial charge in [0.15, 0.2) is 0 Å². The van der Waals surface area contributed by atoms with Crippen LogP contribution in [0.5, 0.6) is 0 Å². The molecule has 1 aliphatic rings. The van der Waals surface area contributed by atoms with Gasteiger partial charge in [-0.25, -0.2) is 0 Å². The van der Waals surface area contributed by atoms with Crippen LogP contribution in [-0.4, -0.2) is 6.54 Å². The highest BCUT2D eigenvalue weighted by atomic mass is 14.9. The van der Waals surface area contributed by atoms with Gasteiger partial charge in [-0.1, -0.05) is 56.3 Å². The predicted octanol–water partition coefficient (Wildman–Crippen LogP) is 4.83. The van der Waals surface area contributed by atoms with Gasteiger partial charge in [0, 0.05) is 18.2 Å². The number of nitrogens with one attached hydrogen (secondary N) is 1. The van der Waals surface area contributed by atoms with Gasteiger partial charge in [-0.2, -0.15) is 0 Å². The number of hydrogen-bond acceptors (Lipinski definition) is 1. The van der Waals surface area contributed by atoms with Gasteiger partial charge in [0.2, 0.25) is 0 Å². The lowest BCUT2D eigenvalue weighted by molar-refractivity contribution is 0.645. The molecule has 1 atom stereocenters. The van der Waals surface area contributed by atoms with Crippen LogP contribution in [0.25, 0.3) is 0 Å². The lowest BCUT2D eigenvalue weighted by Gasteiger charge is -2.27. The van der Waals surface area contributed by atoms with Gasteiger partial charge in [0.1, 0.15) is 0 Å². The Kier molecular flexibility index (Phi) is 3.77. The third-order valence-corrected chi connectivity index (χ3v) is 4.08. The summed E-state index contributed by atoms with van der Waals surface area (Å²) in [5, 5.41) is 3.51. The summed E-state index contributed by atoms with van der Waals surface area (Å²) in [5.74, 6) is 1.25. The first-order chi connectivity index (χ1) is 9.74. The molecule has 3 rings (SSSR count). The largest absolute Gasteiger partial charge is 0.385 e. The minimum absolute atomic E-state index is 0.541. The molecule has 1 N–H and O–H groups in total. The summed E-state index contributed by atoms with van der Waals surface area (Å²) in [6.45, 7) is 5.63. The molecule has 0 fully saturated rings. The van der Waals surface area contributed by atoms with E-state index in [1.54, 1.807) is 0 Å². The molecule has 0 bridgehead atoms. The molecule has 0 radical (unpaired) electrons. The molecule has 2 aromatic carbocycles. The first kappa shape index (κ1) is 13.2. The topological polar surface area (TPSA) is 12.0 Å². The molecule has 1 heterocycles. The van der Waals surface area contributed by atoms with Crippen LogP contribution >= 0.6 is 0 Å². The van der Waals surface area contributed by atoms with E-state index in [0.717, 1.165) is 6.54 Å². The second kappa shape index (κ2) is 5.70. The van der Waals surface area contributed by atoms with Crippen molar-refractivity contribution < 1.29 is 0 Å². The Morgan fingerprint density at radius 3 is 2.80 bits per heavy atom. The van der Waals surface area contributed by atoms with Crippen molar-refractivity contribution >= 4 is 5.69 Å². The van der Waals surface area contributed by atoms with Crippen molar-refractivity contribution in [1.82, 2.24) is 0 Å². The molecule has 1 unspecified atom stereocenters. The molecule has 0 aliphatic carbocycles. The van der Waals surface area contributed by atoms with E-state index in [1.165, 1.54) is 35.2 Å². The molecule has 0 saturated heterocycles. The third kappa shape index (κ3) is 2.72. The van der Waals surface area contributed by atoms with E-state index in [2.05, 4.69) is 67.7 Å². The van der Waals surface area contributed by atoms with Crippen LogP contribution in [0.1, 0.15) is 42.9 Å². The first-order valence-electron chi connectivity index (χ1n) is 7.65. The van der Waals surface area contributed by atoms with E-state index >= 15 is 0 Å². The van der Waals surface area contributed by atoms with E-state index in [0.29, 0.717) is 11.8 Å². The summed E-state index contributed by atoms with van der Waals surface area (Å²) in [5.41, 5.74) is 5.68. The van der Waals surface area contributed by atoms with Crippen molar-refractivity contribution in [2.75, 3.05) is 11.9 Å². The molecule has 104 valence electrons. The molecular formula is C19H23N. The molecule has 1 heteroatoms. The second-order valence-corrected chi connectivity index (χ2v) is 6.20. The lowest BCUT2D eigenvalue weighted by atomic mass is 9.84. The van der Waals surface area contributed by atoms with Crippen LogP contribution in [0.3, 0.4) is 0 Å². The number of anilines is 1. The van der Waals surface area contributed by atoms with Crippen molar-refractivity contribution in [3.05, 3.63) is 65.2 Å². The number of rotatable bonds is 3. The Bertz CT molecular complexity index is 586. The number of benzene rings is 2. The fourth-order valence-corrected chi connectivity index (χ4v) is 3.22. The Hall–Kier alpha value is -1.76. The summed E-state index contributed by atoms with van der Waals surface area (Å²) in [7, 11) is 0. The summed E-state index contributed by atoms with van der Waals surface area (Å²) in [6, 6.07) is 17.9. The molecule has 0 amide bonds. The van der Waals surface area contributed by atoms with Gasteiger partial charge >= 0.3 is 0 Å². The van der Waals surface area contributed by atoms with Gasteiger partial charge in [-0.15, -0.1) is 0 Å². The zero-order valence-corrected chi connectivity index (χ0v) is 12.4. The highest BCUT2D eigenvalue weighted by molar-refractivity contribution is 5.57. The second-order valence-electron chi connectivity index (χ2n) is 6.20. The minimum Gasteiger partial charge on any atom is -0.385 e. The van der Waals surface area contributed by atoms with Crippen molar-refractivity contribution in [2.45, 2.75) is 32.6 Å². The highest BCUT2D eigenvalue weighted by Gasteiger charge is 2.21. The quantitative estimate of drug-likeness (QED) is 0.838. The van der Waals surface area contributed by atoms with E-state index in [-0.39, 0.29) is 0 Å². The van der Waals surface area contributed by atoms with Gasteiger partial charge in [-0.3, -0.25) is 0 Å². The SMILES string of the molecule is CC(C)Cc1cccc(C2CCNc3ccccc32)c1. The van der Waals surface area contributed by atoms with Crippen molar-refractivity contribution in [1.29, 1.82) is 0 Å². The standard InChI is InChI=1S/C19H23N/c1-14(2)12-15-6-5-7-16(13-15)17-10-11-20-19-9-4-3-8-18(17)19/h3-9,13-14,17,20H,10-12H2,1-2H3. The molecule has 1 nitrogen and oxygen atoms in total. The predicted molar refractivity (Wildman–Crippen MR) is 86.4 cm³/mol. The van der Waals surface area contributed by atoms with Crippen molar-refractivity contribution in [2.24, 2.45) is 5.92 Å². The smallest absolute Gasteiger partial charge is 0.0379 e. The van der Waals surface area contributed by atoms with E-state index in [4.69, 9.17) is 0 Å². The van der Waals surface area contributed by atoms with Gasteiger partial charge in [0.05, 0.1) is 0 Å². The van der Waals surface area contributed by atoms with Crippen LogP contribution in [0.4, 0.5) is 5.69 Å². The van der Waals surface area contributed by atoms with Crippen LogP contribution in [0.15, 0.2) is 48.5 Å². The zero-order valence-electron chi connectivity index (χ0n) is 12.4. The molecular weight excluding hydrogens is 242 g/mol. The summed E-state index contributed by atoms with van der Waals surface area (Å²) >= 11 is 0. The Labute approximate surface area is 122 Å². The van der Waals surface area contributed by atoms with Crippen LogP contribution in [0.2, 0.25) is 0 Å². The van der Waals surface area contributed by atoms with E-state index in [9.17, 15) is 0 Å². The monoisotopic (exact) mass is 265 g/mol. The molecule has 1 aliphatic heterocycles. The number of para-hydroxylation sites is 1. The lowest BCUT2D eigenvalue weighted by Crippen LogP contribution is -2.17. The maximum Gasteiger partial charge on any atom is 0.0379 e. The van der Waals surface area contributed by atoms with Gasteiger partial charge < -0.3 is 5.32 Å². The number of hydrogen-bond donors (Lipinski definition) is 1. The molecule has 0 saturated carbocycles. The summed E-state index contributed by atoms with van der Waals surface area (Å²) in [6.07, 6.45) is 2.35. The maximum atomic E-state index is 3.51. The average molecular weight is 265 g/mol. The zero-order chi connectivity index (χ0) is 13.9. The fourth-order valence-electron chi connectivity index (χ4n) is 3.22. The van der Waals surface area contributed by atoms with Crippen LogP contribution in [-0.2, 0) is 6.42 Å².